The van der Waals surface area contributed by atoms with Crippen LogP contribution in [0.3, 0.4) is 0 Å². The molecule has 1 unspecified atom stereocenters. The van der Waals surface area contributed by atoms with E-state index in [-0.39, 0.29) is 11.9 Å². The molecule has 0 bridgehead atoms. The fourth-order valence-electron chi connectivity index (χ4n) is 4.11. The summed E-state index contributed by atoms with van der Waals surface area (Å²) in [6.07, 6.45) is 4.84. The molecule has 2 aliphatic heterocycles. The second-order valence-corrected chi connectivity index (χ2v) is 8.28. The molecule has 4 rings (SSSR count). The van der Waals surface area contributed by atoms with Crippen LogP contribution in [0.1, 0.15) is 31.2 Å². The van der Waals surface area contributed by atoms with Gasteiger partial charge in [-0.3, -0.25) is 9.91 Å². The predicted octanol–water partition coefficient (Wildman–Crippen LogP) is 4.46. The lowest BCUT2D eigenvalue weighted by molar-refractivity contribution is -0.0333. The molecule has 148 valence electrons. The van der Waals surface area contributed by atoms with Crippen LogP contribution in [0, 0.1) is 5.82 Å². The third-order valence-electron chi connectivity index (χ3n) is 5.74. The zero-order valence-corrected chi connectivity index (χ0v) is 16.5. The Morgan fingerprint density at radius 2 is 1.75 bits per heavy atom. The van der Waals surface area contributed by atoms with Crippen molar-refractivity contribution in [2.75, 3.05) is 18.1 Å². The Balaban J connectivity index is 1.33. The molecular formula is C22H25ClFN3O. The summed E-state index contributed by atoms with van der Waals surface area (Å²) in [5.74, 6) is -0.254. The second-order valence-electron chi connectivity index (χ2n) is 7.84. The molecule has 0 amide bonds. The van der Waals surface area contributed by atoms with Gasteiger partial charge in [0, 0.05) is 37.3 Å². The van der Waals surface area contributed by atoms with E-state index in [1.54, 1.807) is 12.1 Å². The van der Waals surface area contributed by atoms with Gasteiger partial charge in [-0.15, -0.1) is 0 Å². The van der Waals surface area contributed by atoms with Crippen molar-refractivity contribution in [3.05, 3.63) is 64.9 Å². The molecule has 4 nitrogen and oxygen atoms in total. The third kappa shape index (κ3) is 4.54. The van der Waals surface area contributed by atoms with Crippen molar-refractivity contribution in [3.8, 4) is 0 Å². The van der Waals surface area contributed by atoms with Gasteiger partial charge in [-0.1, -0.05) is 23.7 Å². The van der Waals surface area contributed by atoms with Gasteiger partial charge in [-0.05, 0) is 61.2 Å². The van der Waals surface area contributed by atoms with Crippen molar-refractivity contribution >= 4 is 23.5 Å². The quantitative estimate of drug-likeness (QED) is 0.803. The van der Waals surface area contributed by atoms with E-state index in [1.807, 2.05) is 23.4 Å². The van der Waals surface area contributed by atoms with E-state index >= 15 is 0 Å². The Hall–Kier alpha value is -1.95. The fraction of sp³-hybridized carbons (Fsp3) is 0.409. The van der Waals surface area contributed by atoms with Crippen LogP contribution in [0.2, 0.25) is 5.02 Å². The summed E-state index contributed by atoms with van der Waals surface area (Å²) >= 11 is 5.96. The van der Waals surface area contributed by atoms with Crippen molar-refractivity contribution in [1.82, 2.24) is 4.90 Å². The maximum atomic E-state index is 13.2. The minimum Gasteiger partial charge on any atom is -0.390 e. The Morgan fingerprint density at radius 1 is 1.07 bits per heavy atom. The largest absolute Gasteiger partial charge is 0.390 e. The summed E-state index contributed by atoms with van der Waals surface area (Å²) in [5, 5.41) is 18.3. The maximum Gasteiger partial charge on any atom is 0.123 e. The molecule has 1 fully saturated rings. The van der Waals surface area contributed by atoms with Crippen molar-refractivity contribution in [2.24, 2.45) is 5.10 Å². The van der Waals surface area contributed by atoms with Gasteiger partial charge < -0.3 is 5.11 Å². The van der Waals surface area contributed by atoms with E-state index in [1.165, 1.54) is 17.7 Å². The van der Waals surface area contributed by atoms with Gasteiger partial charge in [0.25, 0.3) is 0 Å². The van der Waals surface area contributed by atoms with Crippen LogP contribution < -0.4 is 5.01 Å². The maximum absolute atomic E-state index is 13.2. The highest BCUT2D eigenvalue weighted by Gasteiger charge is 2.37. The number of rotatable bonds is 5. The Kier molecular flexibility index (Phi) is 5.67. The fourth-order valence-corrected chi connectivity index (χ4v) is 4.24. The van der Waals surface area contributed by atoms with E-state index < -0.39 is 5.60 Å². The van der Waals surface area contributed by atoms with Crippen LogP contribution in [-0.4, -0.2) is 41.0 Å². The molecule has 1 saturated heterocycles. The van der Waals surface area contributed by atoms with Crippen LogP contribution in [0.25, 0.3) is 0 Å². The monoisotopic (exact) mass is 401 g/mol. The highest BCUT2D eigenvalue weighted by Crippen LogP contribution is 2.33. The summed E-state index contributed by atoms with van der Waals surface area (Å²) in [6.45, 7) is 2.61. The molecule has 0 spiro atoms. The number of hydrogen-bond acceptors (Lipinski definition) is 4. The van der Waals surface area contributed by atoms with Crippen LogP contribution in [0.15, 0.2) is 53.6 Å². The van der Waals surface area contributed by atoms with Crippen molar-refractivity contribution in [1.29, 1.82) is 0 Å². The number of aliphatic hydroxyl groups is 1. The number of halogens is 2. The number of nitrogens with zero attached hydrogens (tertiary/aromatic N) is 3. The summed E-state index contributed by atoms with van der Waals surface area (Å²) < 4.78 is 13.2. The predicted molar refractivity (Wildman–Crippen MR) is 111 cm³/mol. The summed E-state index contributed by atoms with van der Waals surface area (Å²) in [4.78, 5) is 2.38. The number of anilines is 1. The first-order chi connectivity index (χ1) is 13.5. The van der Waals surface area contributed by atoms with Crippen LogP contribution >= 0.6 is 11.6 Å². The molecule has 0 aliphatic carbocycles. The van der Waals surface area contributed by atoms with Gasteiger partial charge in [0.1, 0.15) is 5.82 Å². The molecule has 0 saturated carbocycles. The molecule has 1 atom stereocenters. The van der Waals surface area contributed by atoms with E-state index in [4.69, 9.17) is 11.6 Å². The van der Waals surface area contributed by atoms with Crippen LogP contribution in [-0.2, 0) is 6.54 Å². The van der Waals surface area contributed by atoms with Gasteiger partial charge in [-0.2, -0.15) is 5.10 Å². The van der Waals surface area contributed by atoms with E-state index in [0.29, 0.717) is 6.42 Å². The molecule has 2 aromatic rings. The lowest BCUT2D eigenvalue weighted by Gasteiger charge is -2.40. The van der Waals surface area contributed by atoms with Crippen molar-refractivity contribution in [2.45, 2.75) is 43.9 Å². The first-order valence-electron chi connectivity index (χ1n) is 9.77. The Morgan fingerprint density at radius 3 is 2.43 bits per heavy atom. The highest BCUT2D eigenvalue weighted by molar-refractivity contribution is 6.30. The standard InChI is InChI=1S/C22H25ClFN3O/c23-18-3-1-17(2-4-18)16-26-13-10-22(28,11-14-26)15-21-9-12-25-27(21)20-7-5-19(24)6-8-20/h1-8,12,21,28H,9-11,13-16H2. The SMILES string of the molecule is OC1(CC2CC=NN2c2ccc(F)cc2)CCN(Cc2ccc(Cl)cc2)CC1. The molecule has 2 aliphatic rings. The zero-order valence-electron chi connectivity index (χ0n) is 15.8. The topological polar surface area (TPSA) is 39.1 Å². The van der Waals surface area contributed by atoms with Gasteiger partial charge >= 0.3 is 0 Å². The van der Waals surface area contributed by atoms with Crippen LogP contribution in [0.5, 0.6) is 0 Å². The first kappa shape index (κ1) is 19.4. The van der Waals surface area contributed by atoms with Gasteiger partial charge in [0.15, 0.2) is 0 Å². The minimum atomic E-state index is -0.687. The van der Waals surface area contributed by atoms with Gasteiger partial charge in [0.05, 0.1) is 17.3 Å². The van der Waals surface area contributed by atoms with Gasteiger partial charge in [0.2, 0.25) is 0 Å². The van der Waals surface area contributed by atoms with E-state index in [9.17, 15) is 9.50 Å². The molecular weight excluding hydrogens is 377 g/mol. The Bertz CT molecular complexity index is 817. The molecule has 0 radical (unpaired) electrons. The summed E-state index contributed by atoms with van der Waals surface area (Å²) in [6, 6.07) is 14.4. The van der Waals surface area contributed by atoms with E-state index in [2.05, 4.69) is 22.1 Å². The summed E-state index contributed by atoms with van der Waals surface area (Å²) in [7, 11) is 0. The number of hydrazone groups is 1. The first-order valence-corrected chi connectivity index (χ1v) is 10.1. The number of piperidine rings is 1. The van der Waals surface area contributed by atoms with E-state index in [0.717, 1.165) is 49.6 Å². The average molecular weight is 402 g/mol. The zero-order chi connectivity index (χ0) is 19.6. The molecule has 1 N–H and O–H groups in total. The third-order valence-corrected chi connectivity index (χ3v) is 5.99. The lowest BCUT2D eigenvalue weighted by Crippen LogP contribution is -2.47. The Labute approximate surface area is 170 Å². The highest BCUT2D eigenvalue weighted by atomic mass is 35.5. The molecule has 6 heteroatoms. The van der Waals surface area contributed by atoms with Crippen molar-refractivity contribution in [3.63, 3.8) is 0 Å². The lowest BCUT2D eigenvalue weighted by atomic mass is 9.84. The second kappa shape index (κ2) is 8.19. The minimum absolute atomic E-state index is 0.110. The van der Waals surface area contributed by atoms with Gasteiger partial charge in [-0.25, -0.2) is 4.39 Å². The van der Waals surface area contributed by atoms with Crippen LogP contribution in [0.4, 0.5) is 10.1 Å². The number of likely N-dealkylation sites (tertiary alicyclic amines) is 1. The molecule has 2 heterocycles. The molecule has 0 aromatic heterocycles. The normalized spacial score (nSPS) is 22.0. The molecule has 28 heavy (non-hydrogen) atoms. The number of benzene rings is 2. The van der Waals surface area contributed by atoms with Crippen molar-refractivity contribution < 1.29 is 9.50 Å². The molecule has 2 aromatic carbocycles. The summed E-state index contributed by atoms with van der Waals surface area (Å²) in [5.41, 5.74) is 1.41. The number of hydrogen-bond donors (Lipinski definition) is 1. The average Bonchev–Trinajstić information content (AvgIpc) is 3.14. The smallest absolute Gasteiger partial charge is 0.123 e.